The molecule has 6 nitrogen and oxygen atoms in total. The summed E-state index contributed by atoms with van der Waals surface area (Å²) in [5.41, 5.74) is 2.08. The number of carbonyl (C=O) groups is 1. The largest absolute Gasteiger partial charge is 0.497 e. The van der Waals surface area contributed by atoms with Crippen molar-refractivity contribution in [2.75, 3.05) is 20.2 Å². The summed E-state index contributed by atoms with van der Waals surface area (Å²) in [6.45, 7) is 1.59. The molecule has 1 saturated heterocycles. The van der Waals surface area contributed by atoms with Crippen molar-refractivity contribution < 1.29 is 9.53 Å². The summed E-state index contributed by atoms with van der Waals surface area (Å²) >= 11 is 0. The van der Waals surface area contributed by atoms with Gasteiger partial charge in [-0.15, -0.1) is 12.3 Å². The molecule has 1 aromatic carbocycles. The zero-order chi connectivity index (χ0) is 19.6. The van der Waals surface area contributed by atoms with E-state index in [0.717, 1.165) is 43.6 Å². The van der Waals surface area contributed by atoms with Gasteiger partial charge in [0.25, 0.3) is 0 Å². The van der Waals surface area contributed by atoms with Crippen LogP contribution in [0.15, 0.2) is 34.6 Å². The van der Waals surface area contributed by atoms with Crippen LogP contribution in [0.3, 0.4) is 0 Å². The minimum atomic E-state index is -0.372. The van der Waals surface area contributed by atoms with Crippen molar-refractivity contribution in [3.05, 3.63) is 30.0 Å². The maximum atomic E-state index is 12.6. The number of hydrogen-bond acceptors (Lipinski definition) is 4. The Hall–Kier alpha value is -2.81. The first-order valence-electron chi connectivity index (χ1n) is 9.94. The highest BCUT2D eigenvalue weighted by Crippen LogP contribution is 2.38. The normalized spacial score (nSPS) is 18.2. The first-order chi connectivity index (χ1) is 13.6. The second-order valence-electron chi connectivity index (χ2n) is 7.70. The van der Waals surface area contributed by atoms with E-state index in [4.69, 9.17) is 11.2 Å². The molecule has 2 aliphatic rings. The topological polar surface area (TPSA) is 70.0 Å². The van der Waals surface area contributed by atoms with Gasteiger partial charge in [0.05, 0.1) is 7.11 Å². The molecule has 0 atom stereocenters. The van der Waals surface area contributed by atoms with Crippen molar-refractivity contribution in [1.82, 2.24) is 9.88 Å². The highest BCUT2D eigenvalue weighted by atomic mass is 16.5. The van der Waals surface area contributed by atoms with Gasteiger partial charge < -0.3 is 14.6 Å². The summed E-state index contributed by atoms with van der Waals surface area (Å²) in [5.74, 6) is 4.16. The molecule has 28 heavy (non-hydrogen) atoms. The van der Waals surface area contributed by atoms with Crippen molar-refractivity contribution in [3.63, 3.8) is 0 Å². The molecule has 0 spiro atoms. The minimum Gasteiger partial charge on any atom is -0.497 e. The molecule has 0 bridgehead atoms. The summed E-state index contributed by atoms with van der Waals surface area (Å²) in [5, 5.41) is 9.46. The van der Waals surface area contributed by atoms with E-state index in [1.807, 2.05) is 11.0 Å². The quantitative estimate of drug-likeness (QED) is 0.732. The summed E-state index contributed by atoms with van der Waals surface area (Å²) < 4.78 is 5.37. The summed E-state index contributed by atoms with van der Waals surface area (Å²) in [6.07, 6.45) is 12.0. The molecule has 146 valence electrons. The van der Waals surface area contributed by atoms with E-state index in [1.165, 1.54) is 10.9 Å². The second-order valence-corrected chi connectivity index (χ2v) is 7.70. The molecule has 1 amide bonds. The van der Waals surface area contributed by atoms with E-state index in [2.05, 4.69) is 39.5 Å². The number of carbonyl (C=O) groups excluding carboxylic acids is 1. The Kier molecular flexibility index (Phi) is 5.08. The smallest absolute Gasteiger partial charge is 0.222 e. The lowest BCUT2D eigenvalue weighted by Gasteiger charge is -2.32. The molecule has 3 heterocycles. The first-order valence-corrected chi connectivity index (χ1v) is 9.94. The fraction of sp³-hybridized carbons (Fsp3) is 0.500. The van der Waals surface area contributed by atoms with Gasteiger partial charge in [0.2, 0.25) is 5.91 Å². The number of aromatic nitrogens is 1. The predicted molar refractivity (Wildman–Crippen MR) is 108 cm³/mol. The molecule has 0 saturated carbocycles. The van der Waals surface area contributed by atoms with Gasteiger partial charge in [0.1, 0.15) is 5.75 Å². The zero-order valence-corrected chi connectivity index (χ0v) is 16.3. The lowest BCUT2D eigenvalue weighted by atomic mass is 9.89. The highest BCUT2D eigenvalue weighted by molar-refractivity contribution is 5.85. The number of methoxy groups -OCH3 is 1. The fourth-order valence-corrected chi connectivity index (χ4v) is 4.16. The van der Waals surface area contributed by atoms with Gasteiger partial charge in [-0.3, -0.25) is 4.79 Å². The van der Waals surface area contributed by atoms with E-state index >= 15 is 0 Å². The second kappa shape index (κ2) is 7.67. The number of benzene rings is 1. The Balaban J connectivity index is 1.32. The maximum absolute atomic E-state index is 12.6. The standard InChI is InChI=1S/C22H26N4O2/c1-3-4-10-22(24-25-22)11-7-21(27)26-12-8-16(9-13-26)19-15-23-20-6-5-17(28-2)14-18(19)20/h1,5-6,14-16,23H,4,7-13H2,2H3. The number of likely N-dealkylation sites (tertiary alicyclic amines) is 1. The third-order valence-corrected chi connectivity index (χ3v) is 6.00. The van der Waals surface area contributed by atoms with Crippen LogP contribution in [-0.4, -0.2) is 41.7 Å². The summed E-state index contributed by atoms with van der Waals surface area (Å²) in [4.78, 5) is 18.0. The number of ether oxygens (including phenoxy) is 1. The Morgan fingerprint density at radius 1 is 1.36 bits per heavy atom. The maximum Gasteiger partial charge on any atom is 0.222 e. The minimum absolute atomic E-state index is 0.205. The monoisotopic (exact) mass is 378 g/mol. The number of rotatable bonds is 7. The van der Waals surface area contributed by atoms with Gasteiger partial charge in [-0.1, -0.05) is 0 Å². The number of H-pyrrole nitrogens is 1. The van der Waals surface area contributed by atoms with Crippen LogP contribution >= 0.6 is 0 Å². The van der Waals surface area contributed by atoms with Crippen LogP contribution in [0.2, 0.25) is 0 Å². The molecule has 0 radical (unpaired) electrons. The number of terminal acetylenes is 1. The van der Waals surface area contributed by atoms with E-state index in [0.29, 0.717) is 25.2 Å². The lowest BCUT2D eigenvalue weighted by Crippen LogP contribution is -2.38. The summed E-state index contributed by atoms with van der Waals surface area (Å²) in [6, 6.07) is 6.12. The lowest BCUT2D eigenvalue weighted by molar-refractivity contribution is -0.132. The number of amides is 1. The molecular formula is C22H26N4O2. The van der Waals surface area contributed by atoms with Crippen LogP contribution in [-0.2, 0) is 4.79 Å². The molecule has 1 N–H and O–H groups in total. The van der Waals surface area contributed by atoms with E-state index in [9.17, 15) is 4.79 Å². The third-order valence-electron chi connectivity index (χ3n) is 6.00. The van der Waals surface area contributed by atoms with Crippen LogP contribution in [0.1, 0.15) is 50.0 Å². The molecule has 2 aliphatic heterocycles. The van der Waals surface area contributed by atoms with Crippen molar-refractivity contribution in [3.8, 4) is 18.1 Å². The third kappa shape index (κ3) is 3.75. The van der Waals surface area contributed by atoms with E-state index in [1.54, 1.807) is 7.11 Å². The Morgan fingerprint density at radius 3 is 2.82 bits per heavy atom. The van der Waals surface area contributed by atoms with Crippen LogP contribution < -0.4 is 4.74 Å². The molecule has 4 rings (SSSR count). The van der Waals surface area contributed by atoms with Crippen molar-refractivity contribution in [1.29, 1.82) is 0 Å². The SMILES string of the molecule is C#CCCC1(CCC(=O)N2CCC(c3c[nH]c4ccc(OC)cc34)CC2)N=N1. The van der Waals surface area contributed by atoms with Gasteiger partial charge in [0, 0.05) is 55.9 Å². The van der Waals surface area contributed by atoms with Crippen LogP contribution in [0.5, 0.6) is 5.75 Å². The number of piperidine rings is 1. The van der Waals surface area contributed by atoms with Crippen molar-refractivity contribution >= 4 is 16.8 Å². The van der Waals surface area contributed by atoms with Gasteiger partial charge in [-0.2, -0.15) is 10.2 Å². The molecular weight excluding hydrogens is 352 g/mol. The molecule has 0 unspecified atom stereocenters. The molecule has 6 heteroatoms. The average Bonchev–Trinajstić information content (AvgIpc) is 3.39. The highest BCUT2D eigenvalue weighted by Gasteiger charge is 2.39. The molecule has 2 aromatic rings. The number of hydrogen-bond donors (Lipinski definition) is 1. The van der Waals surface area contributed by atoms with Crippen LogP contribution in [0.4, 0.5) is 0 Å². The molecule has 1 fully saturated rings. The average molecular weight is 378 g/mol. The summed E-state index contributed by atoms with van der Waals surface area (Å²) in [7, 11) is 1.69. The van der Waals surface area contributed by atoms with Crippen LogP contribution in [0, 0.1) is 12.3 Å². The number of fused-ring (bicyclic) bond motifs is 1. The molecule has 0 aliphatic carbocycles. The van der Waals surface area contributed by atoms with Gasteiger partial charge in [-0.25, -0.2) is 0 Å². The van der Waals surface area contributed by atoms with Gasteiger partial charge >= 0.3 is 0 Å². The number of nitrogens with zero attached hydrogens (tertiary/aromatic N) is 3. The van der Waals surface area contributed by atoms with Gasteiger partial charge in [-0.05, 0) is 42.5 Å². The molecule has 1 aromatic heterocycles. The predicted octanol–water partition coefficient (Wildman–Crippen LogP) is 4.24. The van der Waals surface area contributed by atoms with Gasteiger partial charge in [0.15, 0.2) is 5.66 Å². The Bertz CT molecular complexity index is 926. The van der Waals surface area contributed by atoms with E-state index in [-0.39, 0.29) is 11.6 Å². The van der Waals surface area contributed by atoms with Crippen LogP contribution in [0.25, 0.3) is 10.9 Å². The Morgan fingerprint density at radius 2 is 2.14 bits per heavy atom. The number of aromatic amines is 1. The zero-order valence-electron chi connectivity index (χ0n) is 16.3. The van der Waals surface area contributed by atoms with Crippen molar-refractivity contribution in [2.24, 2.45) is 10.2 Å². The Labute approximate surface area is 165 Å². The van der Waals surface area contributed by atoms with Crippen molar-refractivity contribution in [2.45, 2.75) is 50.1 Å². The first kappa shape index (κ1) is 18.5. The van der Waals surface area contributed by atoms with E-state index < -0.39 is 0 Å². The fourth-order valence-electron chi connectivity index (χ4n) is 4.16. The number of nitrogens with one attached hydrogen (secondary N) is 1.